The number of nitrogens with zero attached hydrogens (tertiary/aromatic N) is 3. The summed E-state index contributed by atoms with van der Waals surface area (Å²) in [5.74, 6) is -1.08. The minimum Gasteiger partial charge on any atom is -0.478 e. The van der Waals surface area contributed by atoms with E-state index in [1.165, 1.54) is 0 Å². The van der Waals surface area contributed by atoms with Gasteiger partial charge in [0.15, 0.2) is 4.34 Å². The number of hydrogen-bond donors (Lipinski definition) is 1. The Bertz CT molecular complexity index is 699. The molecule has 0 saturated heterocycles. The molecule has 104 valence electrons. The number of rotatable bonds is 4. The van der Waals surface area contributed by atoms with Gasteiger partial charge in [-0.2, -0.15) is 0 Å². The summed E-state index contributed by atoms with van der Waals surface area (Å²) in [6.07, 6.45) is 1.15. The van der Waals surface area contributed by atoms with Crippen LogP contribution in [0.25, 0.3) is 0 Å². The number of hydrogen-bond acceptors (Lipinski definition) is 7. The van der Waals surface area contributed by atoms with Crippen LogP contribution in [0, 0.1) is 24.0 Å². The average Bonchev–Trinajstić information content (AvgIpc) is 2.75. The van der Waals surface area contributed by atoms with E-state index in [4.69, 9.17) is 0 Å². The summed E-state index contributed by atoms with van der Waals surface area (Å²) < 4.78 is 0.386. The second-order valence-electron chi connectivity index (χ2n) is 3.89. The molecule has 2 rings (SSSR count). The summed E-state index contributed by atoms with van der Waals surface area (Å²) in [4.78, 5) is 29.4. The fourth-order valence-corrected chi connectivity index (χ4v) is 3.54. The first kappa shape index (κ1) is 14.4. The number of aryl methyl sites for hydroxylation is 2. The SMILES string of the molecule is Cc1cc(C)c(C(=O)O)c(Sc2ncc([N+](=O)[O-])s2)n1. The molecule has 0 unspecified atom stereocenters. The molecule has 0 radical (unpaired) electrons. The first-order valence-electron chi connectivity index (χ1n) is 5.38. The summed E-state index contributed by atoms with van der Waals surface area (Å²) in [6.45, 7) is 3.44. The molecule has 0 aliphatic carbocycles. The van der Waals surface area contributed by atoms with Crippen molar-refractivity contribution < 1.29 is 14.8 Å². The van der Waals surface area contributed by atoms with Crippen LogP contribution in [0.15, 0.2) is 21.6 Å². The minimum atomic E-state index is -1.08. The van der Waals surface area contributed by atoms with Crippen LogP contribution in [0.4, 0.5) is 5.00 Å². The highest BCUT2D eigenvalue weighted by Crippen LogP contribution is 2.35. The largest absolute Gasteiger partial charge is 0.478 e. The molecule has 7 nitrogen and oxygen atoms in total. The lowest BCUT2D eigenvalue weighted by molar-refractivity contribution is -0.380. The summed E-state index contributed by atoms with van der Waals surface area (Å²) in [6, 6.07) is 1.68. The summed E-state index contributed by atoms with van der Waals surface area (Å²) in [5.41, 5.74) is 1.37. The second kappa shape index (κ2) is 5.55. The van der Waals surface area contributed by atoms with Crippen molar-refractivity contribution in [3.05, 3.63) is 39.2 Å². The predicted molar refractivity (Wildman–Crippen MR) is 73.6 cm³/mol. The van der Waals surface area contributed by atoms with E-state index in [0.29, 0.717) is 20.6 Å². The molecule has 0 fully saturated rings. The Balaban J connectivity index is 2.41. The van der Waals surface area contributed by atoms with Gasteiger partial charge in [0.05, 0.1) is 10.5 Å². The van der Waals surface area contributed by atoms with E-state index in [-0.39, 0.29) is 10.6 Å². The van der Waals surface area contributed by atoms with Crippen molar-refractivity contribution in [2.45, 2.75) is 23.2 Å². The maximum absolute atomic E-state index is 11.3. The fraction of sp³-hybridized carbons (Fsp3) is 0.182. The zero-order valence-electron chi connectivity index (χ0n) is 10.5. The van der Waals surface area contributed by atoms with E-state index in [1.54, 1.807) is 19.9 Å². The summed E-state index contributed by atoms with van der Waals surface area (Å²) in [7, 11) is 0. The Morgan fingerprint density at radius 2 is 2.20 bits per heavy atom. The van der Waals surface area contributed by atoms with Gasteiger partial charge in [-0.1, -0.05) is 0 Å². The Morgan fingerprint density at radius 3 is 2.75 bits per heavy atom. The monoisotopic (exact) mass is 311 g/mol. The lowest BCUT2D eigenvalue weighted by Crippen LogP contribution is -2.05. The Kier molecular flexibility index (Phi) is 4.00. The predicted octanol–water partition coefficient (Wildman–Crippen LogP) is 2.91. The molecule has 9 heteroatoms. The van der Waals surface area contributed by atoms with Crippen molar-refractivity contribution in [2.75, 3.05) is 0 Å². The van der Waals surface area contributed by atoms with Gasteiger partial charge in [0.2, 0.25) is 0 Å². The molecule has 0 amide bonds. The number of aromatic carboxylic acids is 1. The van der Waals surface area contributed by atoms with Gasteiger partial charge in [-0.25, -0.2) is 14.8 Å². The first-order chi connectivity index (χ1) is 9.38. The zero-order valence-corrected chi connectivity index (χ0v) is 12.1. The first-order valence-corrected chi connectivity index (χ1v) is 7.01. The zero-order chi connectivity index (χ0) is 14.9. The van der Waals surface area contributed by atoms with Crippen LogP contribution >= 0.6 is 23.1 Å². The topological polar surface area (TPSA) is 106 Å². The van der Waals surface area contributed by atoms with E-state index in [9.17, 15) is 20.0 Å². The van der Waals surface area contributed by atoms with Crippen LogP contribution in [0.5, 0.6) is 0 Å². The van der Waals surface area contributed by atoms with E-state index in [1.807, 2.05) is 0 Å². The minimum absolute atomic E-state index is 0.0891. The van der Waals surface area contributed by atoms with Crippen molar-refractivity contribution in [1.82, 2.24) is 9.97 Å². The highest BCUT2D eigenvalue weighted by Gasteiger charge is 2.19. The van der Waals surface area contributed by atoms with Crippen LogP contribution in [0.3, 0.4) is 0 Å². The Morgan fingerprint density at radius 1 is 1.50 bits per heavy atom. The standard InChI is InChI=1S/C11H9N3O4S2/c1-5-3-6(2)13-9(8(5)10(15)16)20-11-12-4-7(19-11)14(17)18/h3-4H,1-2H3,(H,15,16). The number of carbonyl (C=O) groups is 1. The van der Waals surface area contributed by atoms with Crippen LogP contribution in [-0.4, -0.2) is 26.0 Å². The third kappa shape index (κ3) is 2.94. The maximum Gasteiger partial charge on any atom is 0.344 e. The number of nitro groups is 1. The molecular formula is C11H9N3O4S2. The summed E-state index contributed by atoms with van der Waals surface area (Å²) in [5, 5.41) is 20.0. The van der Waals surface area contributed by atoms with Crippen LogP contribution < -0.4 is 0 Å². The van der Waals surface area contributed by atoms with Gasteiger partial charge in [-0.15, -0.1) is 0 Å². The van der Waals surface area contributed by atoms with Crippen molar-refractivity contribution >= 4 is 34.1 Å². The Labute approximate surface area is 121 Å². The number of carboxylic acids is 1. The Hall–Kier alpha value is -2.00. The average molecular weight is 311 g/mol. The lowest BCUT2D eigenvalue weighted by atomic mass is 10.1. The smallest absolute Gasteiger partial charge is 0.344 e. The molecule has 0 atom stereocenters. The van der Waals surface area contributed by atoms with Crippen molar-refractivity contribution in [3.8, 4) is 0 Å². The van der Waals surface area contributed by atoms with Crippen molar-refractivity contribution in [1.29, 1.82) is 0 Å². The van der Waals surface area contributed by atoms with Gasteiger partial charge in [-0.05, 0) is 48.6 Å². The molecule has 0 saturated carbocycles. The third-order valence-electron chi connectivity index (χ3n) is 2.36. The van der Waals surface area contributed by atoms with Gasteiger partial charge < -0.3 is 5.11 Å². The van der Waals surface area contributed by atoms with Crippen molar-refractivity contribution in [3.63, 3.8) is 0 Å². The van der Waals surface area contributed by atoms with Gasteiger partial charge >= 0.3 is 11.0 Å². The molecule has 0 aliphatic rings. The van der Waals surface area contributed by atoms with E-state index >= 15 is 0 Å². The molecule has 2 aromatic heterocycles. The second-order valence-corrected chi connectivity index (χ2v) is 6.13. The van der Waals surface area contributed by atoms with Gasteiger partial charge in [0.1, 0.15) is 11.2 Å². The quantitative estimate of drug-likeness (QED) is 0.683. The molecule has 1 N–H and O–H groups in total. The third-order valence-corrected chi connectivity index (χ3v) is 4.37. The highest BCUT2D eigenvalue weighted by molar-refractivity contribution is 8.01. The van der Waals surface area contributed by atoms with Gasteiger partial charge in [0, 0.05) is 5.69 Å². The molecule has 0 spiro atoms. The molecule has 20 heavy (non-hydrogen) atoms. The number of carboxylic acid groups (broad SMARTS) is 1. The van der Waals surface area contributed by atoms with E-state index < -0.39 is 10.9 Å². The molecule has 2 heterocycles. The molecule has 2 aromatic rings. The highest BCUT2D eigenvalue weighted by atomic mass is 32.2. The van der Waals surface area contributed by atoms with Crippen LogP contribution in [0.1, 0.15) is 21.6 Å². The van der Waals surface area contributed by atoms with Gasteiger partial charge in [-0.3, -0.25) is 10.1 Å². The number of aromatic nitrogens is 2. The summed E-state index contributed by atoms with van der Waals surface area (Å²) >= 11 is 1.91. The molecule has 0 aromatic carbocycles. The number of thiazole rings is 1. The molecule has 0 aliphatic heterocycles. The van der Waals surface area contributed by atoms with Crippen LogP contribution in [-0.2, 0) is 0 Å². The van der Waals surface area contributed by atoms with E-state index in [0.717, 1.165) is 29.3 Å². The maximum atomic E-state index is 11.3. The molecular weight excluding hydrogens is 302 g/mol. The lowest BCUT2D eigenvalue weighted by Gasteiger charge is -2.07. The van der Waals surface area contributed by atoms with Crippen LogP contribution in [0.2, 0.25) is 0 Å². The number of pyridine rings is 1. The van der Waals surface area contributed by atoms with Gasteiger partial charge in [0.25, 0.3) is 0 Å². The normalized spacial score (nSPS) is 10.5. The van der Waals surface area contributed by atoms with E-state index in [2.05, 4.69) is 9.97 Å². The molecule has 0 bridgehead atoms. The fourth-order valence-electron chi connectivity index (χ4n) is 1.60. The van der Waals surface area contributed by atoms with Crippen molar-refractivity contribution in [2.24, 2.45) is 0 Å².